The molecule has 0 aliphatic rings. The lowest BCUT2D eigenvalue weighted by molar-refractivity contribution is 0.132. The second-order valence-corrected chi connectivity index (χ2v) is 4.61. The van der Waals surface area contributed by atoms with Crippen LogP contribution in [0.4, 0.5) is 0 Å². The first-order valence-corrected chi connectivity index (χ1v) is 6.61. The summed E-state index contributed by atoms with van der Waals surface area (Å²) in [4.78, 5) is 0. The molecule has 0 saturated carbocycles. The highest BCUT2D eigenvalue weighted by Crippen LogP contribution is 2.20. The first-order valence-electron chi connectivity index (χ1n) is 6.23. The first kappa shape index (κ1) is 14.5. The van der Waals surface area contributed by atoms with Crippen molar-refractivity contribution in [3.8, 4) is 0 Å². The number of nitrogens with one attached hydrogen (secondary N) is 1. The van der Waals surface area contributed by atoms with Crippen LogP contribution in [0.15, 0.2) is 24.3 Å². The Balaban J connectivity index is 2.50. The van der Waals surface area contributed by atoms with Crippen molar-refractivity contribution in [1.29, 1.82) is 0 Å². The van der Waals surface area contributed by atoms with E-state index in [9.17, 15) is 0 Å². The minimum Gasteiger partial charge on any atom is -0.382 e. The normalized spacial score (nSPS) is 12.6. The molecule has 0 radical (unpaired) electrons. The molecule has 1 unspecified atom stereocenters. The molecule has 0 amide bonds. The largest absolute Gasteiger partial charge is 0.382 e. The van der Waals surface area contributed by atoms with Crippen molar-refractivity contribution in [1.82, 2.24) is 5.32 Å². The molecule has 0 aromatic heterocycles. The fraction of sp³-hybridized carbons (Fsp3) is 0.571. The predicted molar refractivity (Wildman–Crippen MR) is 73.7 cm³/mol. The maximum atomic E-state index is 6.18. The first-order chi connectivity index (χ1) is 8.27. The van der Waals surface area contributed by atoms with Gasteiger partial charge in [0.1, 0.15) is 0 Å². The van der Waals surface area contributed by atoms with Crippen molar-refractivity contribution in [3.63, 3.8) is 0 Å². The molecule has 1 atom stereocenters. The second kappa shape index (κ2) is 8.51. The lowest BCUT2D eigenvalue weighted by Gasteiger charge is -2.17. The number of hydrogen-bond donors (Lipinski definition) is 1. The molecule has 1 aromatic rings. The van der Waals surface area contributed by atoms with E-state index < -0.39 is 0 Å². The van der Waals surface area contributed by atoms with Gasteiger partial charge in [-0.05, 0) is 50.9 Å². The van der Waals surface area contributed by atoms with Crippen molar-refractivity contribution >= 4 is 11.6 Å². The van der Waals surface area contributed by atoms with E-state index in [1.165, 1.54) is 5.56 Å². The molecule has 0 aliphatic carbocycles. The van der Waals surface area contributed by atoms with Crippen molar-refractivity contribution in [2.45, 2.75) is 19.8 Å². The molecule has 0 spiro atoms. The van der Waals surface area contributed by atoms with E-state index in [-0.39, 0.29) is 0 Å². The average molecular weight is 256 g/mol. The summed E-state index contributed by atoms with van der Waals surface area (Å²) in [7, 11) is 1.99. The van der Waals surface area contributed by atoms with E-state index in [2.05, 4.69) is 11.4 Å². The molecule has 96 valence electrons. The minimum atomic E-state index is 0.575. The highest BCUT2D eigenvalue weighted by atomic mass is 35.5. The van der Waals surface area contributed by atoms with E-state index >= 15 is 0 Å². The molecule has 1 aromatic carbocycles. The molecule has 2 nitrogen and oxygen atoms in total. The van der Waals surface area contributed by atoms with Crippen molar-refractivity contribution in [3.05, 3.63) is 34.9 Å². The molecule has 0 fully saturated rings. The molecule has 0 heterocycles. The number of ether oxygens (including phenoxy) is 1. The van der Waals surface area contributed by atoms with Gasteiger partial charge in [0.05, 0.1) is 0 Å². The van der Waals surface area contributed by atoms with Gasteiger partial charge in [-0.3, -0.25) is 0 Å². The van der Waals surface area contributed by atoms with Gasteiger partial charge < -0.3 is 10.1 Å². The van der Waals surface area contributed by atoms with Gasteiger partial charge in [0.25, 0.3) is 0 Å². The zero-order valence-corrected chi connectivity index (χ0v) is 11.5. The summed E-state index contributed by atoms with van der Waals surface area (Å²) in [6.45, 7) is 4.64. The SMILES string of the molecule is CCOCCC(CNC)Cc1ccccc1Cl. The second-order valence-electron chi connectivity index (χ2n) is 4.20. The number of benzene rings is 1. The Labute approximate surface area is 109 Å². The topological polar surface area (TPSA) is 21.3 Å². The fourth-order valence-electron chi connectivity index (χ4n) is 1.93. The molecule has 0 aliphatic heterocycles. The average Bonchev–Trinajstić information content (AvgIpc) is 2.32. The van der Waals surface area contributed by atoms with Gasteiger partial charge in [-0.1, -0.05) is 29.8 Å². The summed E-state index contributed by atoms with van der Waals surface area (Å²) in [6.07, 6.45) is 2.08. The minimum absolute atomic E-state index is 0.575. The van der Waals surface area contributed by atoms with Gasteiger partial charge >= 0.3 is 0 Å². The standard InChI is InChI=1S/C14H22ClNO/c1-3-17-9-8-12(11-16-2)10-13-6-4-5-7-14(13)15/h4-7,12,16H,3,8-11H2,1-2H3. The Morgan fingerprint density at radius 1 is 1.35 bits per heavy atom. The monoisotopic (exact) mass is 255 g/mol. The lowest BCUT2D eigenvalue weighted by atomic mass is 9.96. The Kier molecular flexibility index (Phi) is 7.25. The van der Waals surface area contributed by atoms with Crippen LogP contribution in [0.1, 0.15) is 18.9 Å². The Morgan fingerprint density at radius 2 is 2.12 bits per heavy atom. The van der Waals surface area contributed by atoms with Crippen LogP contribution in [0.5, 0.6) is 0 Å². The Hall–Kier alpha value is -0.570. The summed E-state index contributed by atoms with van der Waals surface area (Å²) < 4.78 is 5.42. The zero-order valence-electron chi connectivity index (χ0n) is 10.7. The fourth-order valence-corrected chi connectivity index (χ4v) is 2.15. The summed E-state index contributed by atoms with van der Waals surface area (Å²) >= 11 is 6.18. The van der Waals surface area contributed by atoms with Crippen LogP contribution in [0, 0.1) is 5.92 Å². The highest BCUT2D eigenvalue weighted by Gasteiger charge is 2.10. The molecule has 1 rings (SSSR count). The van der Waals surface area contributed by atoms with Crippen LogP contribution in [0.2, 0.25) is 5.02 Å². The molecular weight excluding hydrogens is 234 g/mol. The number of hydrogen-bond acceptors (Lipinski definition) is 2. The van der Waals surface area contributed by atoms with Crippen LogP contribution in [0.3, 0.4) is 0 Å². The van der Waals surface area contributed by atoms with E-state index in [0.29, 0.717) is 5.92 Å². The van der Waals surface area contributed by atoms with Crippen LogP contribution < -0.4 is 5.32 Å². The highest BCUT2D eigenvalue weighted by molar-refractivity contribution is 6.31. The zero-order chi connectivity index (χ0) is 12.5. The van der Waals surface area contributed by atoms with E-state index in [0.717, 1.165) is 37.6 Å². The summed E-state index contributed by atoms with van der Waals surface area (Å²) in [5, 5.41) is 4.10. The lowest BCUT2D eigenvalue weighted by Crippen LogP contribution is -2.22. The van der Waals surface area contributed by atoms with Crippen molar-refractivity contribution in [2.75, 3.05) is 26.8 Å². The van der Waals surface area contributed by atoms with Crippen molar-refractivity contribution < 1.29 is 4.74 Å². The smallest absolute Gasteiger partial charge is 0.0469 e. The quantitative estimate of drug-likeness (QED) is 0.721. The predicted octanol–water partition coefficient (Wildman–Crippen LogP) is 3.14. The number of halogens is 1. The Morgan fingerprint density at radius 3 is 2.76 bits per heavy atom. The Bertz CT molecular complexity index is 317. The third kappa shape index (κ3) is 5.53. The molecule has 0 saturated heterocycles. The van der Waals surface area contributed by atoms with Gasteiger partial charge in [0.15, 0.2) is 0 Å². The third-order valence-electron chi connectivity index (χ3n) is 2.83. The summed E-state index contributed by atoms with van der Waals surface area (Å²) in [6, 6.07) is 8.07. The van der Waals surface area contributed by atoms with Gasteiger partial charge in [-0.15, -0.1) is 0 Å². The molecule has 1 N–H and O–H groups in total. The van der Waals surface area contributed by atoms with E-state index in [1.807, 2.05) is 32.2 Å². The van der Waals surface area contributed by atoms with Gasteiger partial charge in [0, 0.05) is 18.2 Å². The maximum absolute atomic E-state index is 6.18. The summed E-state index contributed by atoms with van der Waals surface area (Å²) in [5.41, 5.74) is 1.23. The van der Waals surface area contributed by atoms with E-state index in [4.69, 9.17) is 16.3 Å². The van der Waals surface area contributed by atoms with Gasteiger partial charge in [-0.2, -0.15) is 0 Å². The van der Waals surface area contributed by atoms with Gasteiger partial charge in [-0.25, -0.2) is 0 Å². The van der Waals surface area contributed by atoms with Crippen LogP contribution in [-0.4, -0.2) is 26.8 Å². The van der Waals surface area contributed by atoms with Crippen LogP contribution >= 0.6 is 11.6 Å². The number of rotatable bonds is 8. The summed E-state index contributed by atoms with van der Waals surface area (Å²) in [5.74, 6) is 0.575. The molecule has 0 bridgehead atoms. The molecule has 17 heavy (non-hydrogen) atoms. The van der Waals surface area contributed by atoms with Crippen LogP contribution in [-0.2, 0) is 11.2 Å². The van der Waals surface area contributed by atoms with Crippen LogP contribution in [0.25, 0.3) is 0 Å². The maximum Gasteiger partial charge on any atom is 0.0469 e. The third-order valence-corrected chi connectivity index (χ3v) is 3.20. The van der Waals surface area contributed by atoms with Crippen molar-refractivity contribution in [2.24, 2.45) is 5.92 Å². The molecule has 3 heteroatoms. The van der Waals surface area contributed by atoms with Gasteiger partial charge in [0.2, 0.25) is 0 Å². The van der Waals surface area contributed by atoms with E-state index in [1.54, 1.807) is 0 Å². The molecular formula is C14H22ClNO.